The quantitative estimate of drug-likeness (QED) is 0.936. The summed E-state index contributed by atoms with van der Waals surface area (Å²) < 4.78 is 0. The van der Waals surface area contributed by atoms with Crippen LogP contribution < -0.4 is 10.4 Å². The molecule has 1 aliphatic heterocycles. The van der Waals surface area contributed by atoms with Gasteiger partial charge in [0.15, 0.2) is 0 Å². The largest absolute Gasteiger partial charge is 0.273 e. The summed E-state index contributed by atoms with van der Waals surface area (Å²) >= 11 is 0. The van der Waals surface area contributed by atoms with E-state index in [1.54, 1.807) is 11.2 Å². The van der Waals surface area contributed by atoms with Gasteiger partial charge in [-0.2, -0.15) is 0 Å². The first-order valence-corrected chi connectivity index (χ1v) is 7.37. The Balaban J connectivity index is 1.92. The van der Waals surface area contributed by atoms with Crippen molar-refractivity contribution in [3.63, 3.8) is 0 Å². The van der Waals surface area contributed by atoms with E-state index < -0.39 is 0 Å². The number of carbonyl (C=O) groups excluding carboxylic acids is 1. The van der Waals surface area contributed by atoms with Crippen molar-refractivity contribution in [1.82, 2.24) is 10.4 Å². The van der Waals surface area contributed by atoms with Crippen LogP contribution in [0.4, 0.5) is 5.82 Å². The van der Waals surface area contributed by atoms with Gasteiger partial charge in [-0.3, -0.25) is 4.79 Å². The minimum Gasteiger partial charge on any atom is -0.273 e. The van der Waals surface area contributed by atoms with Crippen LogP contribution >= 0.6 is 0 Å². The van der Waals surface area contributed by atoms with Gasteiger partial charge in [0, 0.05) is 6.20 Å². The van der Waals surface area contributed by atoms with Crippen LogP contribution in [-0.2, 0) is 4.79 Å². The van der Waals surface area contributed by atoms with Crippen molar-refractivity contribution in [2.75, 3.05) is 5.01 Å². The number of benzene rings is 1. The number of hydrogen-bond acceptors (Lipinski definition) is 3. The number of amides is 1. The average Bonchev–Trinajstić information content (AvgIpc) is 2.87. The number of pyridine rings is 1. The third-order valence-electron chi connectivity index (χ3n) is 3.84. The highest BCUT2D eigenvalue weighted by atomic mass is 16.2. The Hall–Kier alpha value is -2.20. The van der Waals surface area contributed by atoms with E-state index in [-0.39, 0.29) is 17.9 Å². The summed E-state index contributed by atoms with van der Waals surface area (Å²) in [5, 5.41) is 1.60. The Morgan fingerprint density at radius 2 is 1.90 bits per heavy atom. The topological polar surface area (TPSA) is 45.2 Å². The molecule has 1 aromatic carbocycles. The normalized spacial score (nSPS) is 21.8. The van der Waals surface area contributed by atoms with E-state index in [1.807, 2.05) is 36.4 Å². The van der Waals surface area contributed by atoms with E-state index in [9.17, 15) is 4.79 Å². The van der Waals surface area contributed by atoms with E-state index in [4.69, 9.17) is 0 Å². The maximum Gasteiger partial charge on any atom is 0.247 e. The van der Waals surface area contributed by atoms with Crippen LogP contribution in [0.3, 0.4) is 0 Å². The second-order valence-corrected chi connectivity index (χ2v) is 5.27. The predicted octanol–water partition coefficient (Wildman–Crippen LogP) is 3.09. The van der Waals surface area contributed by atoms with Crippen molar-refractivity contribution in [3.05, 3.63) is 60.3 Å². The van der Waals surface area contributed by atoms with Gasteiger partial charge in [0.25, 0.3) is 0 Å². The van der Waals surface area contributed by atoms with Gasteiger partial charge in [0.2, 0.25) is 5.91 Å². The molecule has 4 heteroatoms. The van der Waals surface area contributed by atoms with Crippen molar-refractivity contribution in [3.8, 4) is 0 Å². The summed E-state index contributed by atoms with van der Waals surface area (Å²) in [6, 6.07) is 15.7. The van der Waals surface area contributed by atoms with Gasteiger partial charge in [-0.05, 0) is 24.1 Å². The fraction of sp³-hybridized carbons (Fsp3) is 0.294. The van der Waals surface area contributed by atoms with Crippen molar-refractivity contribution >= 4 is 11.7 Å². The number of carbonyl (C=O) groups is 1. The molecule has 0 aliphatic carbocycles. The molecular weight excluding hydrogens is 262 g/mol. The molecule has 2 aromatic rings. The maximum absolute atomic E-state index is 12.7. The smallest absolute Gasteiger partial charge is 0.247 e. The fourth-order valence-corrected chi connectivity index (χ4v) is 2.83. The van der Waals surface area contributed by atoms with Gasteiger partial charge in [-0.1, -0.05) is 49.7 Å². The van der Waals surface area contributed by atoms with Gasteiger partial charge in [0.05, 0.1) is 12.0 Å². The Bertz CT molecular complexity index is 600. The van der Waals surface area contributed by atoms with E-state index >= 15 is 0 Å². The molecule has 1 fully saturated rings. The molecule has 2 heterocycles. The van der Waals surface area contributed by atoms with Gasteiger partial charge < -0.3 is 0 Å². The van der Waals surface area contributed by atoms with E-state index in [0.717, 1.165) is 18.4 Å². The van der Waals surface area contributed by atoms with Crippen LogP contribution in [0, 0.1) is 5.92 Å². The monoisotopic (exact) mass is 281 g/mol. The first-order chi connectivity index (χ1) is 10.3. The first-order valence-electron chi connectivity index (χ1n) is 7.37. The first kappa shape index (κ1) is 13.8. The molecule has 2 unspecified atom stereocenters. The zero-order chi connectivity index (χ0) is 14.7. The van der Waals surface area contributed by atoms with Crippen LogP contribution in [0.15, 0.2) is 54.7 Å². The number of hydrazine groups is 1. The minimum atomic E-state index is -0.0422. The molecule has 4 nitrogen and oxygen atoms in total. The van der Waals surface area contributed by atoms with Crippen LogP contribution in [-0.4, -0.2) is 10.9 Å². The van der Waals surface area contributed by atoms with Gasteiger partial charge >= 0.3 is 0 Å². The zero-order valence-electron chi connectivity index (χ0n) is 12.1. The van der Waals surface area contributed by atoms with Crippen molar-refractivity contribution in [2.24, 2.45) is 5.92 Å². The van der Waals surface area contributed by atoms with Crippen LogP contribution in [0.25, 0.3) is 0 Å². The third-order valence-corrected chi connectivity index (χ3v) is 3.84. The fourth-order valence-electron chi connectivity index (χ4n) is 2.83. The molecular formula is C17H19N3O. The second kappa shape index (κ2) is 6.06. The van der Waals surface area contributed by atoms with Gasteiger partial charge in [0.1, 0.15) is 5.82 Å². The van der Waals surface area contributed by atoms with Crippen molar-refractivity contribution in [2.45, 2.75) is 25.8 Å². The molecule has 0 radical (unpaired) electrons. The van der Waals surface area contributed by atoms with E-state index in [0.29, 0.717) is 5.82 Å². The second-order valence-electron chi connectivity index (χ2n) is 5.27. The summed E-state index contributed by atoms with van der Waals surface area (Å²) in [4.78, 5) is 17.0. The summed E-state index contributed by atoms with van der Waals surface area (Å²) in [5.41, 5.74) is 4.47. The number of nitrogens with one attached hydrogen (secondary N) is 1. The lowest BCUT2D eigenvalue weighted by Gasteiger charge is -2.17. The van der Waals surface area contributed by atoms with E-state index in [1.165, 1.54) is 0 Å². The molecule has 21 heavy (non-hydrogen) atoms. The number of nitrogens with zero attached hydrogens (tertiary/aromatic N) is 2. The SMILES string of the molecule is CCCC1C(=O)N(c2ccccn2)NC1c1ccccc1. The summed E-state index contributed by atoms with van der Waals surface area (Å²) in [6.45, 7) is 2.11. The lowest BCUT2D eigenvalue weighted by molar-refractivity contribution is -0.120. The summed E-state index contributed by atoms with van der Waals surface area (Å²) in [6.07, 6.45) is 3.56. The number of hydrogen-bond donors (Lipinski definition) is 1. The van der Waals surface area contributed by atoms with Crippen LogP contribution in [0.2, 0.25) is 0 Å². The van der Waals surface area contributed by atoms with Crippen molar-refractivity contribution < 1.29 is 4.79 Å². The number of aromatic nitrogens is 1. The maximum atomic E-state index is 12.7. The molecule has 1 amide bonds. The Labute approximate surface area is 124 Å². The molecule has 1 aliphatic rings. The Morgan fingerprint density at radius 3 is 2.57 bits per heavy atom. The highest BCUT2D eigenvalue weighted by Crippen LogP contribution is 2.34. The molecule has 1 saturated heterocycles. The van der Waals surface area contributed by atoms with Crippen molar-refractivity contribution in [1.29, 1.82) is 0 Å². The average molecular weight is 281 g/mol. The lowest BCUT2D eigenvalue weighted by Crippen LogP contribution is -2.35. The molecule has 0 bridgehead atoms. The van der Waals surface area contributed by atoms with Gasteiger partial charge in [-0.25, -0.2) is 15.4 Å². The third kappa shape index (κ3) is 2.67. The zero-order valence-corrected chi connectivity index (χ0v) is 12.1. The minimum absolute atomic E-state index is 0.0145. The summed E-state index contributed by atoms with van der Waals surface area (Å²) in [5.74, 6) is 0.714. The highest BCUT2D eigenvalue weighted by molar-refractivity contribution is 5.96. The number of anilines is 1. The lowest BCUT2D eigenvalue weighted by atomic mass is 9.91. The standard InChI is InChI=1S/C17H19N3O/c1-2-8-14-16(13-9-4-3-5-10-13)19-20(17(14)21)15-11-6-7-12-18-15/h3-7,9-12,14,16,19H,2,8H2,1H3. The molecule has 1 aromatic heterocycles. The van der Waals surface area contributed by atoms with E-state index in [2.05, 4.69) is 29.5 Å². The molecule has 0 saturated carbocycles. The molecule has 3 rings (SSSR count). The molecule has 2 atom stereocenters. The molecule has 1 N–H and O–H groups in total. The highest BCUT2D eigenvalue weighted by Gasteiger charge is 2.41. The Morgan fingerprint density at radius 1 is 1.14 bits per heavy atom. The molecule has 108 valence electrons. The van der Waals surface area contributed by atoms with Crippen LogP contribution in [0.1, 0.15) is 31.4 Å². The number of rotatable bonds is 4. The van der Waals surface area contributed by atoms with Crippen LogP contribution in [0.5, 0.6) is 0 Å². The molecule has 0 spiro atoms. The predicted molar refractivity (Wildman–Crippen MR) is 82.4 cm³/mol. The Kier molecular flexibility index (Phi) is 3.97. The summed E-state index contributed by atoms with van der Waals surface area (Å²) in [7, 11) is 0. The van der Waals surface area contributed by atoms with Gasteiger partial charge in [-0.15, -0.1) is 0 Å².